The Labute approximate surface area is 114 Å². The molecule has 0 amide bonds. The van der Waals surface area contributed by atoms with Crippen molar-refractivity contribution >= 4 is 11.4 Å². The number of nitrogens with one attached hydrogen (secondary N) is 1. The summed E-state index contributed by atoms with van der Waals surface area (Å²) in [5, 5.41) is 14.2. The summed E-state index contributed by atoms with van der Waals surface area (Å²) in [7, 11) is 1.67. The molecule has 19 heavy (non-hydrogen) atoms. The third kappa shape index (κ3) is 4.52. The fraction of sp³-hybridized carbons (Fsp3) is 0.571. The first-order chi connectivity index (χ1) is 8.75. The van der Waals surface area contributed by atoms with Crippen LogP contribution in [0.1, 0.15) is 32.8 Å². The van der Waals surface area contributed by atoms with Crippen molar-refractivity contribution in [1.29, 1.82) is 0 Å². The number of aryl methyl sites for hydroxylation is 1. The van der Waals surface area contributed by atoms with E-state index in [4.69, 9.17) is 4.74 Å². The van der Waals surface area contributed by atoms with Crippen LogP contribution in [0.25, 0.3) is 0 Å². The second-order valence-electron chi connectivity index (χ2n) is 5.49. The molecule has 0 heterocycles. The summed E-state index contributed by atoms with van der Waals surface area (Å²) in [6.45, 7) is 7.90. The predicted molar refractivity (Wildman–Crippen MR) is 76.6 cm³/mol. The second kappa shape index (κ2) is 6.02. The maximum Gasteiger partial charge on any atom is 0.292 e. The van der Waals surface area contributed by atoms with Crippen molar-refractivity contribution in [2.75, 3.05) is 12.4 Å². The van der Waals surface area contributed by atoms with Crippen LogP contribution in [0, 0.1) is 17.0 Å². The minimum absolute atomic E-state index is 0.0791. The Kier molecular flexibility index (Phi) is 4.89. The van der Waals surface area contributed by atoms with Gasteiger partial charge >= 0.3 is 0 Å². The zero-order valence-electron chi connectivity index (χ0n) is 12.2. The molecule has 106 valence electrons. The minimum atomic E-state index is -0.365. The quantitative estimate of drug-likeness (QED) is 0.632. The van der Waals surface area contributed by atoms with Crippen molar-refractivity contribution < 1.29 is 9.66 Å². The number of nitrogens with zero attached hydrogens (tertiary/aromatic N) is 1. The van der Waals surface area contributed by atoms with Crippen molar-refractivity contribution in [3.8, 4) is 0 Å². The molecule has 0 aliphatic heterocycles. The zero-order chi connectivity index (χ0) is 14.6. The van der Waals surface area contributed by atoms with Gasteiger partial charge in [0.05, 0.1) is 10.5 Å². The lowest BCUT2D eigenvalue weighted by molar-refractivity contribution is -0.384. The van der Waals surface area contributed by atoms with E-state index >= 15 is 0 Å². The first-order valence-electron chi connectivity index (χ1n) is 6.32. The van der Waals surface area contributed by atoms with Gasteiger partial charge in [0.1, 0.15) is 5.69 Å². The molecule has 1 N–H and O–H groups in total. The average Bonchev–Trinajstić information content (AvgIpc) is 2.27. The van der Waals surface area contributed by atoms with Crippen molar-refractivity contribution in [3.63, 3.8) is 0 Å². The van der Waals surface area contributed by atoms with E-state index in [2.05, 4.69) is 5.32 Å². The molecule has 0 fully saturated rings. The summed E-state index contributed by atoms with van der Waals surface area (Å²) >= 11 is 0. The van der Waals surface area contributed by atoms with Crippen LogP contribution in [0.4, 0.5) is 11.4 Å². The molecule has 1 atom stereocenters. The smallest absolute Gasteiger partial charge is 0.292 e. The molecule has 5 heteroatoms. The number of benzene rings is 1. The molecule has 0 aromatic heterocycles. The van der Waals surface area contributed by atoms with Crippen molar-refractivity contribution in [2.24, 2.45) is 0 Å². The van der Waals surface area contributed by atoms with E-state index in [1.807, 2.05) is 27.7 Å². The number of hydrogen-bond donors (Lipinski definition) is 1. The standard InChI is InChI=1S/C14H22N2O3/c1-10-6-7-13(16(17)18)12(8-10)15-11(2)9-14(3,4)19-5/h6-8,11,15H,9H2,1-5H3. The predicted octanol–water partition coefficient (Wildman–Crippen LogP) is 3.52. The van der Waals surface area contributed by atoms with E-state index in [-0.39, 0.29) is 22.3 Å². The molecular weight excluding hydrogens is 244 g/mol. The molecule has 0 aliphatic carbocycles. The van der Waals surface area contributed by atoms with Crippen LogP contribution in [0.3, 0.4) is 0 Å². The van der Waals surface area contributed by atoms with Crippen LogP contribution in [-0.4, -0.2) is 23.7 Å². The van der Waals surface area contributed by atoms with Crippen LogP contribution in [0.5, 0.6) is 0 Å². The van der Waals surface area contributed by atoms with Gasteiger partial charge < -0.3 is 10.1 Å². The van der Waals surface area contributed by atoms with E-state index in [0.29, 0.717) is 5.69 Å². The van der Waals surface area contributed by atoms with Crippen molar-refractivity contribution in [1.82, 2.24) is 0 Å². The lowest BCUT2D eigenvalue weighted by Gasteiger charge is -2.27. The molecule has 1 unspecified atom stereocenters. The molecule has 0 saturated carbocycles. The molecular formula is C14H22N2O3. The highest BCUT2D eigenvalue weighted by molar-refractivity contribution is 5.63. The Morgan fingerprint density at radius 3 is 2.63 bits per heavy atom. The number of ether oxygens (including phenoxy) is 1. The fourth-order valence-corrected chi connectivity index (χ4v) is 2.06. The zero-order valence-corrected chi connectivity index (χ0v) is 12.2. The largest absolute Gasteiger partial charge is 0.379 e. The number of hydrogen-bond acceptors (Lipinski definition) is 4. The SMILES string of the molecule is COC(C)(C)CC(C)Nc1cc(C)ccc1[N+](=O)[O-]. The monoisotopic (exact) mass is 266 g/mol. The van der Waals surface area contributed by atoms with E-state index in [1.54, 1.807) is 19.2 Å². The highest BCUT2D eigenvalue weighted by Gasteiger charge is 2.22. The van der Waals surface area contributed by atoms with Gasteiger partial charge in [0.15, 0.2) is 0 Å². The number of methoxy groups -OCH3 is 1. The normalized spacial score (nSPS) is 13.1. The van der Waals surface area contributed by atoms with Crippen LogP contribution >= 0.6 is 0 Å². The van der Waals surface area contributed by atoms with Gasteiger partial charge in [-0.05, 0) is 45.7 Å². The van der Waals surface area contributed by atoms with Gasteiger partial charge in [-0.1, -0.05) is 6.07 Å². The number of nitro benzene ring substituents is 1. The third-order valence-electron chi connectivity index (χ3n) is 3.10. The Morgan fingerprint density at radius 1 is 1.47 bits per heavy atom. The van der Waals surface area contributed by atoms with Crippen LogP contribution in [0.2, 0.25) is 0 Å². The van der Waals surface area contributed by atoms with Gasteiger partial charge in [0.25, 0.3) is 5.69 Å². The van der Waals surface area contributed by atoms with E-state index in [9.17, 15) is 10.1 Å². The summed E-state index contributed by atoms with van der Waals surface area (Å²) in [5.74, 6) is 0. The van der Waals surface area contributed by atoms with E-state index < -0.39 is 0 Å². The van der Waals surface area contributed by atoms with Crippen molar-refractivity contribution in [3.05, 3.63) is 33.9 Å². The first-order valence-corrected chi connectivity index (χ1v) is 6.32. The summed E-state index contributed by atoms with van der Waals surface area (Å²) in [6, 6.07) is 5.16. The van der Waals surface area contributed by atoms with Crippen molar-refractivity contribution in [2.45, 2.75) is 45.8 Å². The maximum atomic E-state index is 11.0. The lowest BCUT2D eigenvalue weighted by Crippen LogP contribution is -2.31. The molecule has 0 radical (unpaired) electrons. The molecule has 5 nitrogen and oxygen atoms in total. The molecule has 0 saturated heterocycles. The summed E-state index contributed by atoms with van der Waals surface area (Å²) < 4.78 is 5.37. The number of nitro groups is 1. The number of anilines is 1. The molecule has 1 aromatic carbocycles. The average molecular weight is 266 g/mol. The highest BCUT2D eigenvalue weighted by Crippen LogP contribution is 2.27. The molecule has 0 spiro atoms. The summed E-state index contributed by atoms with van der Waals surface area (Å²) in [6.07, 6.45) is 0.759. The second-order valence-corrected chi connectivity index (χ2v) is 5.49. The third-order valence-corrected chi connectivity index (χ3v) is 3.10. The topological polar surface area (TPSA) is 64.4 Å². The van der Waals surface area contributed by atoms with Crippen LogP contribution < -0.4 is 5.32 Å². The van der Waals surface area contributed by atoms with E-state index in [0.717, 1.165) is 12.0 Å². The molecule has 1 aromatic rings. The van der Waals surface area contributed by atoms with Gasteiger partial charge in [-0.25, -0.2) is 0 Å². The Hall–Kier alpha value is -1.62. The van der Waals surface area contributed by atoms with Gasteiger partial charge in [-0.15, -0.1) is 0 Å². The van der Waals surface area contributed by atoms with E-state index in [1.165, 1.54) is 6.07 Å². The van der Waals surface area contributed by atoms with Gasteiger partial charge in [0.2, 0.25) is 0 Å². The summed E-state index contributed by atoms with van der Waals surface area (Å²) in [5.41, 5.74) is 1.40. The Morgan fingerprint density at radius 2 is 2.11 bits per heavy atom. The summed E-state index contributed by atoms with van der Waals surface area (Å²) in [4.78, 5) is 10.6. The van der Waals surface area contributed by atoms with Gasteiger partial charge in [-0.3, -0.25) is 10.1 Å². The van der Waals surface area contributed by atoms with Gasteiger partial charge in [0, 0.05) is 19.2 Å². The van der Waals surface area contributed by atoms with Crippen LogP contribution in [0.15, 0.2) is 18.2 Å². The fourth-order valence-electron chi connectivity index (χ4n) is 2.06. The first kappa shape index (κ1) is 15.4. The lowest BCUT2D eigenvalue weighted by atomic mass is 9.99. The molecule has 0 bridgehead atoms. The highest BCUT2D eigenvalue weighted by atomic mass is 16.6. The molecule has 1 rings (SSSR count). The maximum absolute atomic E-state index is 11.0. The molecule has 0 aliphatic rings. The number of rotatable bonds is 6. The Balaban J connectivity index is 2.87. The Bertz CT molecular complexity index is 458. The van der Waals surface area contributed by atoms with Gasteiger partial charge in [-0.2, -0.15) is 0 Å². The van der Waals surface area contributed by atoms with Crippen LogP contribution in [-0.2, 0) is 4.74 Å². The minimum Gasteiger partial charge on any atom is -0.379 e.